The standard InChI is InChI=1S/C44H68N6O10/c1-27-13-15-35-29(3)37(53-39-43(35)33(27)17-19-41(5,55-39)57-59-43)51-25-31-23-49(47-45-31)21-11-9-7-8-10-12-22-50-24-32(46-48-50)26-52-38-30(4)36-16-14-28(2)34-18-20-42(6)56-40(54-38)44(34,36)60-58-42/h23-24,27-30,33-40H,7-22,25-26H2,1-6H3/t27-,28-,29-,30-,33+,34+,35+,36+,37-,38-,39-,40-,41+,42+,43-,44-/m1/s1. The molecular weight excluding hydrogens is 773 g/mol. The first-order valence-corrected chi connectivity index (χ1v) is 23.4. The highest BCUT2D eigenvalue weighted by atomic mass is 17.3. The highest BCUT2D eigenvalue weighted by molar-refractivity contribution is 5.11. The Balaban J connectivity index is 0.619. The van der Waals surface area contributed by atoms with Gasteiger partial charge in [-0.1, -0.05) is 63.8 Å². The first kappa shape index (κ1) is 41.9. The molecule has 0 unspecified atom stereocenters. The fourth-order valence-electron chi connectivity index (χ4n) is 12.7. The third kappa shape index (κ3) is 7.39. The second-order valence-corrected chi connectivity index (χ2v) is 20.2. The Morgan fingerprint density at radius 2 is 1.00 bits per heavy atom. The fourth-order valence-corrected chi connectivity index (χ4v) is 12.7. The fraction of sp³-hybridized carbons (Fsp3) is 0.909. The van der Waals surface area contributed by atoms with Crippen LogP contribution in [0.15, 0.2) is 12.4 Å². The summed E-state index contributed by atoms with van der Waals surface area (Å²) in [6.07, 6.45) is 16.9. The topological polar surface area (TPSA) is 154 Å². The summed E-state index contributed by atoms with van der Waals surface area (Å²) in [5.74, 6) is 0.856. The lowest BCUT2D eigenvalue weighted by Crippen LogP contribution is -2.70. The Hall–Kier alpha value is -2.12. The third-order valence-electron chi connectivity index (χ3n) is 16.2. The molecule has 12 rings (SSSR count). The van der Waals surface area contributed by atoms with Crippen molar-refractivity contribution in [2.75, 3.05) is 0 Å². The molecule has 2 aromatic heterocycles. The van der Waals surface area contributed by atoms with Crippen molar-refractivity contribution in [1.82, 2.24) is 30.0 Å². The minimum absolute atomic E-state index is 0.126. The second-order valence-electron chi connectivity index (χ2n) is 20.2. The molecule has 0 amide bonds. The Kier molecular flexibility index (Phi) is 11.5. The van der Waals surface area contributed by atoms with Crippen molar-refractivity contribution in [2.45, 2.75) is 206 Å². The SMILES string of the molecule is C[C@H]1[C@H](OCc2cn(CCCCCCCCn3cc(CO[C@@H]4O[C@@H]5O[C@]6(C)CC[C@H]7[C@H](C)CC[C@@H]([C@H]4C)[C@@]57OO6)nn3)nn2)O[C@@H]2O[C@]3(C)CC[C@H]4[C@H](C)CC[C@@H]1[C@@]24OO3. The molecule has 0 aromatic carbocycles. The highest BCUT2D eigenvalue weighted by Crippen LogP contribution is 2.62. The van der Waals surface area contributed by atoms with E-state index in [1.54, 1.807) is 0 Å². The minimum Gasteiger partial charge on any atom is -0.346 e. The highest BCUT2D eigenvalue weighted by Gasteiger charge is 2.71. The van der Waals surface area contributed by atoms with Gasteiger partial charge in [0.1, 0.15) is 11.4 Å². The maximum atomic E-state index is 6.57. The van der Waals surface area contributed by atoms with Crippen LogP contribution in [-0.2, 0) is 74.3 Å². The van der Waals surface area contributed by atoms with Gasteiger partial charge in [0.25, 0.3) is 0 Å². The zero-order valence-corrected chi connectivity index (χ0v) is 36.6. The molecule has 2 aromatic rings. The molecule has 0 N–H and O–H groups in total. The number of rotatable bonds is 15. The van der Waals surface area contributed by atoms with Gasteiger partial charge >= 0.3 is 0 Å². The monoisotopic (exact) mass is 840 g/mol. The molecule has 8 saturated heterocycles. The minimum atomic E-state index is -0.796. The average molecular weight is 841 g/mol. The van der Waals surface area contributed by atoms with Crippen LogP contribution in [0.1, 0.15) is 143 Å². The van der Waals surface area contributed by atoms with Crippen molar-refractivity contribution in [3.63, 3.8) is 0 Å². The first-order chi connectivity index (χ1) is 29.0. The molecule has 16 atom stereocenters. The van der Waals surface area contributed by atoms with E-state index in [1.807, 2.05) is 35.6 Å². The van der Waals surface area contributed by atoms with Crippen molar-refractivity contribution < 1.29 is 48.0 Å². The number of unbranched alkanes of at least 4 members (excludes halogenated alkanes) is 5. The van der Waals surface area contributed by atoms with Crippen molar-refractivity contribution in [2.24, 2.45) is 47.3 Å². The third-order valence-corrected chi connectivity index (χ3v) is 16.2. The van der Waals surface area contributed by atoms with Gasteiger partial charge in [0.2, 0.25) is 11.6 Å². The number of nitrogens with zero attached hydrogens (tertiary/aromatic N) is 6. The van der Waals surface area contributed by atoms with Crippen LogP contribution in [0.4, 0.5) is 0 Å². The first-order valence-electron chi connectivity index (χ1n) is 23.4. The summed E-state index contributed by atoms with van der Waals surface area (Å²) >= 11 is 0. The van der Waals surface area contributed by atoms with Gasteiger partial charge < -0.3 is 28.4 Å². The van der Waals surface area contributed by atoms with E-state index in [1.165, 1.54) is 25.7 Å². The van der Waals surface area contributed by atoms with Crippen LogP contribution in [0, 0.1) is 47.3 Å². The van der Waals surface area contributed by atoms with Gasteiger partial charge in [-0.05, 0) is 88.9 Å². The summed E-state index contributed by atoms with van der Waals surface area (Å²) < 4.78 is 42.7. The lowest BCUT2D eigenvalue weighted by atomic mass is 9.58. The van der Waals surface area contributed by atoms with Gasteiger partial charge in [0, 0.05) is 49.6 Å². The predicted molar refractivity (Wildman–Crippen MR) is 211 cm³/mol. The zero-order valence-electron chi connectivity index (χ0n) is 36.6. The summed E-state index contributed by atoms with van der Waals surface area (Å²) in [7, 11) is 0. The van der Waals surface area contributed by atoms with Gasteiger partial charge in [-0.15, -0.1) is 10.2 Å². The number of hydrogen-bond donors (Lipinski definition) is 0. The van der Waals surface area contributed by atoms with E-state index in [0.717, 1.165) is 88.7 Å². The van der Waals surface area contributed by atoms with Crippen LogP contribution in [0.3, 0.4) is 0 Å². The van der Waals surface area contributed by atoms with Crippen molar-refractivity contribution >= 4 is 0 Å². The van der Waals surface area contributed by atoms with E-state index in [4.69, 9.17) is 48.0 Å². The Bertz CT molecular complexity index is 1670. The molecule has 16 heteroatoms. The van der Waals surface area contributed by atoms with Gasteiger partial charge in [0.05, 0.1) is 25.6 Å². The largest absolute Gasteiger partial charge is 0.346 e. The maximum absolute atomic E-state index is 6.57. The van der Waals surface area contributed by atoms with Crippen molar-refractivity contribution in [3.05, 3.63) is 23.8 Å². The number of ether oxygens (including phenoxy) is 6. The van der Waals surface area contributed by atoms with Gasteiger partial charge in [0.15, 0.2) is 36.4 Å². The number of hydrogen-bond acceptors (Lipinski definition) is 14. The van der Waals surface area contributed by atoms with E-state index >= 15 is 0 Å². The molecule has 10 fully saturated rings. The molecule has 2 saturated carbocycles. The lowest BCUT2D eigenvalue weighted by Gasteiger charge is -2.60. The van der Waals surface area contributed by atoms with Crippen LogP contribution in [0.25, 0.3) is 0 Å². The Morgan fingerprint density at radius 3 is 1.45 bits per heavy atom. The normalized spacial score (nSPS) is 45.5. The molecule has 8 aliphatic heterocycles. The van der Waals surface area contributed by atoms with Gasteiger partial charge in [-0.2, -0.15) is 0 Å². The van der Waals surface area contributed by atoms with Crippen LogP contribution >= 0.6 is 0 Å². The maximum Gasteiger partial charge on any atom is 0.201 e. The molecule has 60 heavy (non-hydrogen) atoms. The number of aromatic nitrogens is 6. The Morgan fingerprint density at radius 1 is 0.567 bits per heavy atom. The molecule has 10 heterocycles. The van der Waals surface area contributed by atoms with E-state index in [2.05, 4.69) is 48.3 Å². The quantitative estimate of drug-likeness (QED) is 0.130. The number of aryl methyl sites for hydroxylation is 2. The summed E-state index contributed by atoms with van der Waals surface area (Å²) in [6, 6.07) is 0. The molecule has 16 nitrogen and oxygen atoms in total. The van der Waals surface area contributed by atoms with E-state index in [9.17, 15) is 0 Å². The van der Waals surface area contributed by atoms with Crippen LogP contribution < -0.4 is 0 Å². The number of fused-ring (bicyclic) bond motifs is 4. The van der Waals surface area contributed by atoms with Gasteiger partial charge in [-0.25, -0.2) is 19.6 Å². The summed E-state index contributed by atoms with van der Waals surface area (Å²) in [5, 5.41) is 17.6. The predicted octanol–water partition coefficient (Wildman–Crippen LogP) is 7.36. The summed E-state index contributed by atoms with van der Waals surface area (Å²) in [4.78, 5) is 24.4. The van der Waals surface area contributed by atoms with E-state index in [-0.39, 0.29) is 23.7 Å². The van der Waals surface area contributed by atoms with Crippen LogP contribution in [0.2, 0.25) is 0 Å². The van der Waals surface area contributed by atoms with E-state index < -0.39 is 47.9 Å². The smallest absolute Gasteiger partial charge is 0.201 e. The second kappa shape index (κ2) is 16.5. The molecule has 2 spiro atoms. The molecule has 2 aliphatic carbocycles. The van der Waals surface area contributed by atoms with E-state index in [0.29, 0.717) is 36.9 Å². The van der Waals surface area contributed by atoms with Crippen LogP contribution in [-0.4, -0.2) is 77.9 Å². The molecule has 4 bridgehead atoms. The Labute approximate surface area is 354 Å². The van der Waals surface area contributed by atoms with Gasteiger partial charge in [-0.3, -0.25) is 9.36 Å². The molecule has 334 valence electrons. The van der Waals surface area contributed by atoms with Crippen molar-refractivity contribution in [3.8, 4) is 0 Å². The zero-order chi connectivity index (χ0) is 41.3. The molecule has 10 aliphatic rings. The van der Waals surface area contributed by atoms with Crippen molar-refractivity contribution in [1.29, 1.82) is 0 Å². The average Bonchev–Trinajstić information content (AvgIpc) is 3.75. The summed E-state index contributed by atoms with van der Waals surface area (Å²) in [6.45, 7) is 15.3. The van der Waals surface area contributed by atoms with Crippen LogP contribution in [0.5, 0.6) is 0 Å². The lowest BCUT2D eigenvalue weighted by molar-refractivity contribution is -0.577. The summed E-state index contributed by atoms with van der Waals surface area (Å²) in [5.41, 5.74) is 0.444. The molecular formula is C44H68N6O10. The molecule has 0 radical (unpaired) electrons.